The number of pyridine rings is 1. The summed E-state index contributed by atoms with van der Waals surface area (Å²) in [5, 5.41) is 0. The molecule has 0 aliphatic rings. The number of hydrogen-bond acceptors (Lipinski definition) is 0. The van der Waals surface area contributed by atoms with Gasteiger partial charge in [-0.2, -0.15) is 4.57 Å². The molecule has 1 nitrogen and oxygen atoms in total. The summed E-state index contributed by atoms with van der Waals surface area (Å²) < 4.78 is 42.1. The Labute approximate surface area is 122 Å². The maximum Gasteiger partial charge on any atom is 0.673 e. The van der Waals surface area contributed by atoms with Crippen LogP contribution in [0.2, 0.25) is 0 Å². The third kappa shape index (κ3) is 6.52. The predicted molar refractivity (Wildman–Crippen MR) is 75.4 cm³/mol. The lowest BCUT2D eigenvalue weighted by molar-refractivity contribution is -0.578. The zero-order chi connectivity index (χ0) is 15.2. The fourth-order valence-electron chi connectivity index (χ4n) is 1.37. The van der Waals surface area contributed by atoms with Gasteiger partial charge in [0.15, 0.2) is 12.4 Å². The van der Waals surface area contributed by atoms with Gasteiger partial charge in [0.2, 0.25) is 5.70 Å². The van der Waals surface area contributed by atoms with E-state index in [1.54, 1.807) is 0 Å². The molecule has 1 aromatic carbocycles. The molecule has 0 bridgehead atoms. The molecule has 0 N–H and O–H groups in total. The molecule has 0 fully saturated rings. The minimum atomic E-state index is -6.00. The van der Waals surface area contributed by atoms with E-state index in [1.165, 1.54) is 0 Å². The van der Waals surface area contributed by atoms with E-state index >= 15 is 0 Å². The molecule has 0 atom stereocenters. The first-order chi connectivity index (χ1) is 9.27. The third-order valence-electron chi connectivity index (χ3n) is 2.20. The molecule has 0 spiro atoms. The Hall–Kier alpha value is -1.63. The molecular formula is C13H11BBrF4N. The topological polar surface area (TPSA) is 3.88 Å². The number of benzene rings is 1. The van der Waals surface area contributed by atoms with Crippen LogP contribution in [-0.4, -0.2) is 7.25 Å². The number of halogens is 5. The Bertz CT molecular complexity index is 549. The third-order valence-corrected chi connectivity index (χ3v) is 2.73. The fourth-order valence-corrected chi connectivity index (χ4v) is 1.63. The summed E-state index contributed by atoms with van der Waals surface area (Å²) in [7, 11) is -6.00. The van der Waals surface area contributed by atoms with Gasteiger partial charge in [-0.05, 0) is 30.8 Å². The van der Waals surface area contributed by atoms with Crippen LogP contribution >= 0.6 is 15.9 Å². The average molecular weight is 348 g/mol. The van der Waals surface area contributed by atoms with Crippen molar-refractivity contribution in [2.45, 2.75) is 0 Å². The lowest BCUT2D eigenvalue weighted by Crippen LogP contribution is -2.30. The van der Waals surface area contributed by atoms with Gasteiger partial charge in [-0.3, -0.25) is 0 Å². The predicted octanol–water partition coefficient (Wildman–Crippen LogP) is 4.56. The molecule has 0 aliphatic heterocycles. The quantitative estimate of drug-likeness (QED) is 0.426. The van der Waals surface area contributed by atoms with Crippen molar-refractivity contribution in [1.29, 1.82) is 0 Å². The first-order valence-electron chi connectivity index (χ1n) is 5.56. The largest absolute Gasteiger partial charge is 0.673 e. The molecule has 0 radical (unpaired) electrons. The standard InChI is InChI=1S/C13H11BrN.BF4/c1-11(15-9-3-2-4-10-15)12-5-7-13(14)8-6-12;2-1(3,4)5/h2-10H,1H2;/q+1;-1. The minimum absolute atomic E-state index is 0.975. The molecule has 2 rings (SSSR count). The number of nitrogens with zero attached hydrogens (tertiary/aromatic N) is 1. The zero-order valence-corrected chi connectivity index (χ0v) is 11.9. The normalized spacial score (nSPS) is 10.4. The van der Waals surface area contributed by atoms with Crippen molar-refractivity contribution in [2.24, 2.45) is 0 Å². The summed E-state index contributed by atoms with van der Waals surface area (Å²) in [6.07, 6.45) is 3.98. The van der Waals surface area contributed by atoms with Crippen molar-refractivity contribution in [1.82, 2.24) is 0 Å². The van der Waals surface area contributed by atoms with Gasteiger partial charge in [-0.15, -0.1) is 0 Å². The molecule has 0 unspecified atom stereocenters. The molecule has 0 aliphatic carbocycles. The van der Waals surface area contributed by atoms with Gasteiger partial charge in [0.05, 0.1) is 0 Å². The van der Waals surface area contributed by atoms with Crippen LogP contribution in [0.1, 0.15) is 5.56 Å². The number of rotatable bonds is 2. The maximum atomic E-state index is 9.75. The summed E-state index contributed by atoms with van der Waals surface area (Å²) in [6.45, 7) is 4.07. The Morgan fingerprint density at radius 2 is 1.40 bits per heavy atom. The van der Waals surface area contributed by atoms with Gasteiger partial charge in [0, 0.05) is 22.2 Å². The Balaban J connectivity index is 0.000000347. The van der Waals surface area contributed by atoms with Gasteiger partial charge >= 0.3 is 7.25 Å². The van der Waals surface area contributed by atoms with E-state index in [-0.39, 0.29) is 0 Å². The smallest absolute Gasteiger partial charge is 0.418 e. The van der Waals surface area contributed by atoms with Crippen LogP contribution in [0.4, 0.5) is 17.3 Å². The Morgan fingerprint density at radius 1 is 0.950 bits per heavy atom. The van der Waals surface area contributed by atoms with E-state index in [1.807, 2.05) is 59.4 Å². The number of aromatic nitrogens is 1. The second kappa shape index (κ2) is 7.24. The average Bonchev–Trinajstić information content (AvgIpc) is 2.38. The highest BCUT2D eigenvalue weighted by Gasteiger charge is 2.20. The van der Waals surface area contributed by atoms with Gasteiger partial charge in [-0.25, -0.2) is 0 Å². The van der Waals surface area contributed by atoms with Gasteiger partial charge in [0.25, 0.3) is 0 Å². The van der Waals surface area contributed by atoms with Crippen LogP contribution in [0, 0.1) is 0 Å². The van der Waals surface area contributed by atoms with Crippen molar-refractivity contribution in [2.75, 3.05) is 0 Å². The van der Waals surface area contributed by atoms with Crippen molar-refractivity contribution < 1.29 is 21.8 Å². The van der Waals surface area contributed by atoms with Crippen LogP contribution in [0.25, 0.3) is 5.70 Å². The second-order valence-corrected chi connectivity index (χ2v) is 4.65. The Morgan fingerprint density at radius 3 is 1.85 bits per heavy atom. The van der Waals surface area contributed by atoms with Crippen molar-refractivity contribution in [3.05, 3.63) is 71.5 Å². The molecule has 0 saturated carbocycles. The monoisotopic (exact) mass is 347 g/mol. The van der Waals surface area contributed by atoms with Crippen LogP contribution in [0.3, 0.4) is 0 Å². The van der Waals surface area contributed by atoms with Crippen LogP contribution in [0.15, 0.2) is 65.9 Å². The van der Waals surface area contributed by atoms with Gasteiger partial charge in [0.1, 0.15) is 0 Å². The van der Waals surface area contributed by atoms with Crippen LogP contribution in [0.5, 0.6) is 0 Å². The van der Waals surface area contributed by atoms with E-state index in [0.29, 0.717) is 0 Å². The summed E-state index contributed by atoms with van der Waals surface area (Å²) in [6, 6.07) is 14.1. The van der Waals surface area contributed by atoms with E-state index in [9.17, 15) is 17.3 Å². The first kappa shape index (κ1) is 16.4. The fraction of sp³-hybridized carbons (Fsp3) is 0. The molecule has 2 aromatic rings. The van der Waals surface area contributed by atoms with Crippen LogP contribution < -0.4 is 4.57 Å². The highest BCUT2D eigenvalue weighted by molar-refractivity contribution is 9.10. The Kier molecular flexibility index (Phi) is 5.94. The molecule has 1 heterocycles. The van der Waals surface area contributed by atoms with Crippen molar-refractivity contribution in [3.8, 4) is 0 Å². The minimum Gasteiger partial charge on any atom is -0.418 e. The maximum absolute atomic E-state index is 9.75. The highest BCUT2D eigenvalue weighted by atomic mass is 79.9. The molecule has 20 heavy (non-hydrogen) atoms. The van der Waals surface area contributed by atoms with Crippen LogP contribution in [-0.2, 0) is 0 Å². The van der Waals surface area contributed by atoms with Gasteiger partial charge in [-0.1, -0.05) is 22.0 Å². The molecular weight excluding hydrogens is 337 g/mol. The zero-order valence-electron chi connectivity index (χ0n) is 10.3. The SMILES string of the molecule is C=C(c1ccc(Br)cc1)[n+]1ccccc1.F[B-](F)(F)F. The van der Waals surface area contributed by atoms with Gasteiger partial charge < -0.3 is 17.3 Å². The lowest BCUT2D eigenvalue weighted by Gasteiger charge is -1.99. The van der Waals surface area contributed by atoms with E-state index < -0.39 is 7.25 Å². The number of hydrogen-bond donors (Lipinski definition) is 0. The summed E-state index contributed by atoms with van der Waals surface area (Å²) >= 11 is 3.41. The van der Waals surface area contributed by atoms with Crippen molar-refractivity contribution >= 4 is 28.9 Å². The summed E-state index contributed by atoms with van der Waals surface area (Å²) in [5.41, 5.74) is 2.09. The molecule has 0 amide bonds. The molecule has 106 valence electrons. The molecule has 0 saturated heterocycles. The lowest BCUT2D eigenvalue weighted by atomic mass is 10.2. The van der Waals surface area contributed by atoms with E-state index in [2.05, 4.69) is 22.5 Å². The summed E-state index contributed by atoms with van der Waals surface area (Å²) in [4.78, 5) is 0. The van der Waals surface area contributed by atoms with Crippen molar-refractivity contribution in [3.63, 3.8) is 0 Å². The van der Waals surface area contributed by atoms with E-state index in [4.69, 9.17) is 0 Å². The van der Waals surface area contributed by atoms with E-state index in [0.717, 1.165) is 15.7 Å². The highest BCUT2D eigenvalue weighted by Crippen LogP contribution is 2.14. The molecule has 7 heteroatoms. The second-order valence-electron chi connectivity index (χ2n) is 3.73. The summed E-state index contributed by atoms with van der Waals surface area (Å²) in [5.74, 6) is 0. The molecule has 1 aromatic heterocycles. The first-order valence-corrected chi connectivity index (χ1v) is 6.35.